The Morgan fingerprint density at radius 3 is 2.80 bits per heavy atom. The van der Waals surface area contributed by atoms with E-state index in [-0.39, 0.29) is 12.7 Å². The molecule has 5 nitrogen and oxygen atoms in total. The molecular weight excluding hydrogens is 342 g/mol. The summed E-state index contributed by atoms with van der Waals surface area (Å²) in [5.41, 5.74) is 2.43. The molecule has 0 radical (unpaired) electrons. The van der Waals surface area contributed by atoms with Gasteiger partial charge in [0.15, 0.2) is 11.5 Å². The lowest BCUT2D eigenvalue weighted by atomic mass is 10.1. The van der Waals surface area contributed by atoms with Gasteiger partial charge >= 0.3 is 0 Å². The molecule has 2 aromatic carbocycles. The highest BCUT2D eigenvalue weighted by molar-refractivity contribution is 6.30. The topological polar surface area (TPSA) is 56.8 Å². The van der Waals surface area contributed by atoms with Crippen molar-refractivity contribution in [2.45, 2.75) is 0 Å². The summed E-state index contributed by atoms with van der Waals surface area (Å²) < 4.78 is 16.2. The number of fused-ring (bicyclic) bond motifs is 2. The predicted molar refractivity (Wildman–Crippen MR) is 95.3 cm³/mol. The Kier molecular flexibility index (Phi) is 4.07. The minimum Gasteiger partial charge on any atom is -0.488 e. The fourth-order valence-electron chi connectivity index (χ4n) is 2.60. The van der Waals surface area contributed by atoms with Crippen LogP contribution in [0.3, 0.4) is 0 Å². The highest BCUT2D eigenvalue weighted by atomic mass is 35.5. The number of carbonyl (C=O) groups excluding carboxylic acids is 1. The van der Waals surface area contributed by atoms with Gasteiger partial charge in [-0.1, -0.05) is 17.7 Å². The summed E-state index contributed by atoms with van der Waals surface area (Å²) >= 11 is 6.00. The molecule has 0 fully saturated rings. The normalized spacial score (nSPS) is 14.7. The molecule has 6 heteroatoms. The quantitative estimate of drug-likeness (QED) is 0.844. The van der Waals surface area contributed by atoms with Crippen LogP contribution in [0.15, 0.2) is 54.1 Å². The maximum Gasteiger partial charge on any atom is 0.248 e. The number of hydrogen-bond acceptors (Lipinski definition) is 4. The van der Waals surface area contributed by atoms with E-state index in [0.29, 0.717) is 28.8 Å². The van der Waals surface area contributed by atoms with Crippen molar-refractivity contribution >= 4 is 29.3 Å². The first-order valence-corrected chi connectivity index (χ1v) is 8.07. The first-order chi connectivity index (χ1) is 12.2. The summed E-state index contributed by atoms with van der Waals surface area (Å²) in [5, 5.41) is 3.43. The van der Waals surface area contributed by atoms with E-state index >= 15 is 0 Å². The van der Waals surface area contributed by atoms with Crippen LogP contribution >= 0.6 is 11.6 Å². The number of hydrogen-bond donors (Lipinski definition) is 1. The largest absolute Gasteiger partial charge is 0.488 e. The maximum atomic E-state index is 12.1. The maximum absolute atomic E-state index is 12.1. The highest BCUT2D eigenvalue weighted by Crippen LogP contribution is 2.34. The first kappa shape index (κ1) is 15.6. The van der Waals surface area contributed by atoms with Crippen molar-refractivity contribution in [3.05, 3.63) is 64.7 Å². The van der Waals surface area contributed by atoms with Crippen LogP contribution in [-0.4, -0.2) is 19.3 Å². The molecule has 1 amide bonds. The molecule has 4 rings (SSSR count). The van der Waals surface area contributed by atoms with E-state index in [1.807, 2.05) is 18.2 Å². The van der Waals surface area contributed by atoms with Crippen LogP contribution in [0.5, 0.6) is 17.2 Å². The molecule has 0 aliphatic carbocycles. The average molecular weight is 356 g/mol. The molecule has 0 spiro atoms. The van der Waals surface area contributed by atoms with Crippen molar-refractivity contribution in [2.24, 2.45) is 0 Å². The van der Waals surface area contributed by atoms with E-state index in [4.69, 9.17) is 25.8 Å². The number of nitrogens with one attached hydrogen (secondary N) is 1. The summed E-state index contributed by atoms with van der Waals surface area (Å²) in [6.07, 6.45) is 5.15. The Hall–Kier alpha value is -2.92. The molecule has 1 N–H and O–H groups in total. The molecule has 0 saturated heterocycles. The van der Waals surface area contributed by atoms with Crippen molar-refractivity contribution in [1.29, 1.82) is 0 Å². The second-order valence-corrected chi connectivity index (χ2v) is 6.02. The van der Waals surface area contributed by atoms with Gasteiger partial charge in [0, 0.05) is 28.4 Å². The number of halogens is 1. The summed E-state index contributed by atoms with van der Waals surface area (Å²) in [7, 11) is 0. The van der Waals surface area contributed by atoms with Crippen LogP contribution in [0.1, 0.15) is 5.56 Å². The van der Waals surface area contributed by atoms with Crippen molar-refractivity contribution in [3.63, 3.8) is 0 Å². The second-order valence-electron chi connectivity index (χ2n) is 5.58. The summed E-state index contributed by atoms with van der Waals surface area (Å²) in [6.45, 7) is 0.606. The van der Waals surface area contributed by atoms with Crippen molar-refractivity contribution in [2.75, 3.05) is 18.7 Å². The predicted octanol–water partition coefficient (Wildman–Crippen LogP) is 4.04. The van der Waals surface area contributed by atoms with Crippen LogP contribution in [0.25, 0.3) is 6.08 Å². The molecule has 0 saturated carbocycles. The van der Waals surface area contributed by atoms with Gasteiger partial charge in [0.2, 0.25) is 12.7 Å². The van der Waals surface area contributed by atoms with E-state index in [1.54, 1.807) is 30.3 Å². The monoisotopic (exact) mass is 355 g/mol. The number of rotatable bonds is 3. The van der Waals surface area contributed by atoms with Crippen LogP contribution in [-0.2, 0) is 4.79 Å². The number of benzene rings is 2. The van der Waals surface area contributed by atoms with E-state index in [9.17, 15) is 4.79 Å². The molecule has 2 aromatic rings. The SMILES string of the molecule is O=C(/C=C/C1=Cc2cc(Cl)ccc2OC1)Nc1ccc2c(c1)OCO2. The van der Waals surface area contributed by atoms with Crippen molar-refractivity contribution in [3.8, 4) is 17.2 Å². The van der Waals surface area contributed by atoms with Crippen LogP contribution in [0.4, 0.5) is 5.69 Å². The van der Waals surface area contributed by atoms with Gasteiger partial charge in [0.1, 0.15) is 12.4 Å². The van der Waals surface area contributed by atoms with Gasteiger partial charge in [-0.2, -0.15) is 0 Å². The third-order valence-electron chi connectivity index (χ3n) is 3.80. The Morgan fingerprint density at radius 2 is 1.88 bits per heavy atom. The standard InChI is InChI=1S/C19H14ClNO4/c20-14-2-4-16-13(8-14)7-12(10-23-16)1-6-19(22)21-15-3-5-17-18(9-15)25-11-24-17/h1-9H,10-11H2,(H,21,22)/b6-1+. The fourth-order valence-corrected chi connectivity index (χ4v) is 2.78. The Labute approximate surface area is 149 Å². The third kappa shape index (κ3) is 3.46. The molecule has 2 aliphatic rings. The Bertz CT molecular complexity index is 904. The average Bonchev–Trinajstić information content (AvgIpc) is 3.07. The smallest absolute Gasteiger partial charge is 0.248 e. The van der Waals surface area contributed by atoms with E-state index in [1.165, 1.54) is 6.08 Å². The molecule has 2 heterocycles. The summed E-state index contributed by atoms with van der Waals surface area (Å²) in [4.78, 5) is 12.1. The molecule has 2 aliphatic heterocycles. The van der Waals surface area contributed by atoms with Gasteiger partial charge in [-0.25, -0.2) is 0 Å². The fraction of sp³-hybridized carbons (Fsp3) is 0.105. The molecule has 0 atom stereocenters. The van der Waals surface area contributed by atoms with E-state index in [0.717, 1.165) is 16.9 Å². The summed E-state index contributed by atoms with van der Waals surface area (Å²) in [6, 6.07) is 10.7. The second kappa shape index (κ2) is 6.53. The van der Waals surface area contributed by atoms with Gasteiger partial charge in [0.25, 0.3) is 0 Å². The molecule has 0 aromatic heterocycles. The van der Waals surface area contributed by atoms with Crippen LogP contribution in [0, 0.1) is 0 Å². The molecule has 25 heavy (non-hydrogen) atoms. The zero-order valence-electron chi connectivity index (χ0n) is 13.1. The lowest BCUT2D eigenvalue weighted by Gasteiger charge is -2.16. The van der Waals surface area contributed by atoms with Gasteiger partial charge in [-0.3, -0.25) is 4.79 Å². The molecule has 0 unspecified atom stereocenters. The molecule has 126 valence electrons. The minimum atomic E-state index is -0.239. The Balaban J connectivity index is 1.44. The minimum absolute atomic E-state index is 0.201. The zero-order chi connectivity index (χ0) is 17.2. The van der Waals surface area contributed by atoms with Crippen molar-refractivity contribution < 1.29 is 19.0 Å². The van der Waals surface area contributed by atoms with E-state index < -0.39 is 0 Å². The van der Waals surface area contributed by atoms with Gasteiger partial charge in [0.05, 0.1) is 0 Å². The van der Waals surface area contributed by atoms with Gasteiger partial charge < -0.3 is 19.5 Å². The summed E-state index contributed by atoms with van der Waals surface area (Å²) in [5.74, 6) is 1.84. The number of anilines is 1. The molecular formula is C19H14ClNO4. The lowest BCUT2D eigenvalue weighted by Crippen LogP contribution is -2.09. The lowest BCUT2D eigenvalue weighted by molar-refractivity contribution is -0.111. The van der Waals surface area contributed by atoms with Crippen LogP contribution < -0.4 is 19.5 Å². The van der Waals surface area contributed by atoms with E-state index in [2.05, 4.69) is 5.32 Å². The third-order valence-corrected chi connectivity index (χ3v) is 4.03. The first-order valence-electron chi connectivity index (χ1n) is 7.69. The van der Waals surface area contributed by atoms with Gasteiger partial charge in [-0.05, 0) is 42.0 Å². The molecule has 0 bridgehead atoms. The van der Waals surface area contributed by atoms with Gasteiger partial charge in [-0.15, -0.1) is 0 Å². The highest BCUT2D eigenvalue weighted by Gasteiger charge is 2.14. The number of ether oxygens (including phenoxy) is 3. The zero-order valence-corrected chi connectivity index (χ0v) is 13.9. The van der Waals surface area contributed by atoms with Crippen LogP contribution in [0.2, 0.25) is 5.02 Å². The van der Waals surface area contributed by atoms with Crippen molar-refractivity contribution in [1.82, 2.24) is 0 Å². The number of carbonyl (C=O) groups is 1. The number of amides is 1. The Morgan fingerprint density at radius 1 is 1.04 bits per heavy atom.